The molecule has 6 aliphatic rings. The van der Waals surface area contributed by atoms with Gasteiger partial charge in [0.15, 0.2) is 0 Å². The van der Waals surface area contributed by atoms with Gasteiger partial charge in [0.25, 0.3) is 0 Å². The molecule has 50 heavy (non-hydrogen) atoms. The Balaban J connectivity index is 1.12. The summed E-state index contributed by atoms with van der Waals surface area (Å²) >= 11 is 0. The third-order valence-electron chi connectivity index (χ3n) is 17.2. The molecule has 0 aromatic heterocycles. The van der Waals surface area contributed by atoms with E-state index in [0.29, 0.717) is 58.3 Å². The minimum atomic E-state index is -0.983. The van der Waals surface area contributed by atoms with Gasteiger partial charge in [-0.05, 0) is 164 Å². The highest BCUT2D eigenvalue weighted by Crippen LogP contribution is 2.77. The van der Waals surface area contributed by atoms with Gasteiger partial charge in [0.05, 0.1) is 5.56 Å². The molecule has 0 unspecified atom stereocenters. The summed E-state index contributed by atoms with van der Waals surface area (Å²) in [4.78, 5) is 14.0. The number of hydrogen-bond donors (Lipinski definition) is 2. The standard InChI is InChI=1S/C45H67FN2O2/c1-30(2)33-15-20-45(29-47-25-28-48-26-23-41(5,46)24-27-48)22-21-43(7)35(38(33)45)13-14-37-42(6)18-16-34(31-9-11-32(12-10-31)39(49)50)40(3,4)36(42)17-19-44(37,43)8/h9-12,16,33,35-38,47H,1,13-15,17-29H2,2-8H3,(H,49,50)/t33-,35+,36-,37+,38+,42-,43+,44+,45+/m0/s1. The Labute approximate surface area is 303 Å². The molecule has 4 saturated carbocycles. The van der Waals surface area contributed by atoms with Crippen molar-refractivity contribution in [2.24, 2.45) is 56.7 Å². The van der Waals surface area contributed by atoms with Gasteiger partial charge < -0.3 is 15.3 Å². The number of piperidine rings is 1. The van der Waals surface area contributed by atoms with E-state index >= 15 is 0 Å². The molecular formula is C45H67FN2O2. The molecule has 4 nitrogen and oxygen atoms in total. The molecule has 1 heterocycles. The number of hydrogen-bond acceptors (Lipinski definition) is 3. The summed E-state index contributed by atoms with van der Waals surface area (Å²) < 4.78 is 14.4. The van der Waals surface area contributed by atoms with Gasteiger partial charge in [-0.25, -0.2) is 9.18 Å². The topological polar surface area (TPSA) is 52.6 Å². The van der Waals surface area contributed by atoms with E-state index in [1.165, 1.54) is 68.1 Å². The Kier molecular flexibility index (Phi) is 9.14. The number of benzene rings is 1. The maximum atomic E-state index is 14.4. The highest BCUT2D eigenvalue weighted by atomic mass is 19.1. The number of carboxylic acid groups (broad SMARTS) is 1. The fourth-order valence-corrected chi connectivity index (χ4v) is 14.3. The van der Waals surface area contributed by atoms with Crippen LogP contribution in [0.5, 0.6) is 0 Å². The molecule has 1 aliphatic heterocycles. The Morgan fingerprint density at radius 2 is 1.60 bits per heavy atom. The smallest absolute Gasteiger partial charge is 0.335 e. The number of halogens is 1. The normalized spacial score (nSPS) is 42.0. The largest absolute Gasteiger partial charge is 0.478 e. The van der Waals surface area contributed by atoms with Gasteiger partial charge in [-0.3, -0.25) is 0 Å². The van der Waals surface area contributed by atoms with Crippen molar-refractivity contribution < 1.29 is 14.3 Å². The van der Waals surface area contributed by atoms with E-state index in [9.17, 15) is 14.3 Å². The number of nitrogens with one attached hydrogen (secondary N) is 1. The number of alkyl halides is 1. The van der Waals surface area contributed by atoms with Crippen LogP contribution in [0.3, 0.4) is 0 Å². The molecule has 276 valence electrons. The Morgan fingerprint density at radius 1 is 0.900 bits per heavy atom. The van der Waals surface area contributed by atoms with Crippen LogP contribution in [0.2, 0.25) is 0 Å². The van der Waals surface area contributed by atoms with E-state index in [4.69, 9.17) is 0 Å². The van der Waals surface area contributed by atoms with Crippen LogP contribution in [0.1, 0.15) is 135 Å². The lowest BCUT2D eigenvalue weighted by molar-refractivity contribution is -0.225. The monoisotopic (exact) mass is 687 g/mol. The lowest BCUT2D eigenvalue weighted by Gasteiger charge is -2.72. The highest BCUT2D eigenvalue weighted by molar-refractivity contribution is 5.88. The number of likely N-dealkylation sites (tertiary alicyclic amines) is 1. The van der Waals surface area contributed by atoms with Gasteiger partial charge in [-0.15, -0.1) is 0 Å². The van der Waals surface area contributed by atoms with Gasteiger partial charge in [0.1, 0.15) is 5.67 Å². The number of carbonyl (C=O) groups is 1. The average Bonchev–Trinajstić information content (AvgIpc) is 3.44. The van der Waals surface area contributed by atoms with Crippen LogP contribution >= 0.6 is 0 Å². The molecule has 7 rings (SSSR count). The van der Waals surface area contributed by atoms with Crippen LogP contribution in [0.15, 0.2) is 42.5 Å². The first kappa shape index (κ1) is 36.4. The van der Waals surface area contributed by atoms with E-state index in [2.05, 4.69) is 64.4 Å². The van der Waals surface area contributed by atoms with Crippen molar-refractivity contribution in [2.75, 3.05) is 32.7 Å². The van der Waals surface area contributed by atoms with Gasteiger partial charge in [0, 0.05) is 32.7 Å². The Morgan fingerprint density at radius 3 is 2.26 bits per heavy atom. The first-order valence-corrected chi connectivity index (χ1v) is 20.3. The van der Waals surface area contributed by atoms with Crippen LogP contribution < -0.4 is 5.32 Å². The summed E-state index contributed by atoms with van der Waals surface area (Å²) in [6.07, 6.45) is 15.5. The van der Waals surface area contributed by atoms with Crippen molar-refractivity contribution in [3.63, 3.8) is 0 Å². The predicted molar refractivity (Wildman–Crippen MR) is 204 cm³/mol. The maximum absolute atomic E-state index is 14.4. The van der Waals surface area contributed by atoms with Crippen molar-refractivity contribution in [3.05, 3.63) is 53.6 Å². The van der Waals surface area contributed by atoms with Crippen LogP contribution in [-0.2, 0) is 0 Å². The van der Waals surface area contributed by atoms with E-state index in [1.54, 1.807) is 19.1 Å². The van der Waals surface area contributed by atoms with Crippen molar-refractivity contribution in [3.8, 4) is 0 Å². The molecule has 0 spiro atoms. The summed E-state index contributed by atoms with van der Waals surface area (Å²) in [5.74, 6) is 2.52. The van der Waals surface area contributed by atoms with Gasteiger partial charge in [-0.1, -0.05) is 65.0 Å². The molecule has 5 aliphatic carbocycles. The van der Waals surface area contributed by atoms with Crippen molar-refractivity contribution in [2.45, 2.75) is 125 Å². The number of fused-ring (bicyclic) bond motifs is 7. The quantitative estimate of drug-likeness (QED) is 0.211. The molecule has 0 bridgehead atoms. The zero-order valence-electron chi connectivity index (χ0n) is 32.5. The summed E-state index contributed by atoms with van der Waals surface area (Å²) in [5.41, 5.74) is 4.66. The van der Waals surface area contributed by atoms with Crippen LogP contribution in [0.25, 0.3) is 5.57 Å². The fraction of sp³-hybridized carbons (Fsp3) is 0.756. The molecule has 5 fully saturated rings. The van der Waals surface area contributed by atoms with Crippen molar-refractivity contribution in [1.82, 2.24) is 10.2 Å². The molecule has 9 atom stereocenters. The first-order chi connectivity index (χ1) is 23.5. The van der Waals surface area contributed by atoms with Crippen molar-refractivity contribution in [1.29, 1.82) is 0 Å². The van der Waals surface area contributed by atoms with E-state index in [1.807, 2.05) is 12.1 Å². The predicted octanol–water partition coefficient (Wildman–Crippen LogP) is 10.4. The third-order valence-corrected chi connectivity index (χ3v) is 17.2. The van der Waals surface area contributed by atoms with Crippen LogP contribution in [0, 0.1) is 56.7 Å². The first-order valence-electron chi connectivity index (χ1n) is 20.3. The van der Waals surface area contributed by atoms with Crippen LogP contribution in [0.4, 0.5) is 4.39 Å². The Hall–Kier alpha value is -1.98. The molecule has 1 aromatic rings. The Bertz CT molecular complexity index is 1500. The number of aromatic carboxylic acids is 1. The minimum Gasteiger partial charge on any atom is -0.478 e. The summed E-state index contributed by atoms with van der Waals surface area (Å²) in [5, 5.41) is 13.5. The van der Waals surface area contributed by atoms with E-state index in [-0.39, 0.29) is 10.8 Å². The lowest BCUT2D eigenvalue weighted by atomic mass is 9.32. The second kappa shape index (κ2) is 12.6. The summed E-state index contributed by atoms with van der Waals surface area (Å²) in [7, 11) is 0. The van der Waals surface area contributed by atoms with Crippen molar-refractivity contribution >= 4 is 11.5 Å². The summed E-state index contributed by atoms with van der Waals surface area (Å²) in [6.45, 7) is 26.7. The fourth-order valence-electron chi connectivity index (χ4n) is 14.3. The second-order valence-electron chi connectivity index (χ2n) is 19.9. The third kappa shape index (κ3) is 5.60. The number of rotatable bonds is 8. The summed E-state index contributed by atoms with van der Waals surface area (Å²) in [6, 6.07) is 7.63. The van der Waals surface area contributed by atoms with E-state index < -0.39 is 11.6 Å². The highest BCUT2D eigenvalue weighted by Gasteiger charge is 2.70. The lowest BCUT2D eigenvalue weighted by Crippen LogP contribution is -2.65. The molecule has 5 heteroatoms. The number of nitrogens with zero attached hydrogens (tertiary/aromatic N) is 1. The van der Waals surface area contributed by atoms with Gasteiger partial charge in [0.2, 0.25) is 0 Å². The second-order valence-corrected chi connectivity index (χ2v) is 19.9. The maximum Gasteiger partial charge on any atom is 0.335 e. The molecular weight excluding hydrogens is 620 g/mol. The molecule has 1 aromatic carbocycles. The number of allylic oxidation sites excluding steroid dienone is 3. The number of carboxylic acids is 1. The molecule has 2 N–H and O–H groups in total. The molecule has 1 saturated heterocycles. The zero-order chi connectivity index (χ0) is 35.9. The minimum absolute atomic E-state index is 0.0282. The molecule has 0 radical (unpaired) electrons. The average molecular weight is 687 g/mol. The van der Waals surface area contributed by atoms with Gasteiger partial charge in [-0.2, -0.15) is 0 Å². The SMILES string of the molecule is C=C(C)[C@@H]1CC[C@]2(CNCCN3CCC(C)(F)CC3)CC[C@]3(C)[C@H](CC[C@@H]4[C@@]5(C)CC=C(c6ccc(C(=O)O)cc6)C(C)(C)[C@@H]5CC[C@]43C)[C@@H]12. The van der Waals surface area contributed by atoms with Crippen LogP contribution in [-0.4, -0.2) is 54.4 Å². The molecule has 0 amide bonds. The van der Waals surface area contributed by atoms with Gasteiger partial charge >= 0.3 is 5.97 Å². The van der Waals surface area contributed by atoms with E-state index in [0.717, 1.165) is 45.1 Å². The zero-order valence-corrected chi connectivity index (χ0v) is 32.5.